The van der Waals surface area contributed by atoms with Gasteiger partial charge in [0.2, 0.25) is 0 Å². The second kappa shape index (κ2) is 7.29. The van der Waals surface area contributed by atoms with E-state index in [2.05, 4.69) is 22.3 Å². The fraction of sp³-hybridized carbons (Fsp3) is 0.316. The lowest BCUT2D eigenvalue weighted by Gasteiger charge is -2.33. The highest BCUT2D eigenvalue weighted by Crippen LogP contribution is 2.18. The number of benzene rings is 2. The number of anilines is 1. The topological polar surface area (TPSA) is 52.6 Å². The first-order valence-corrected chi connectivity index (χ1v) is 8.07. The van der Waals surface area contributed by atoms with Gasteiger partial charge in [-0.25, -0.2) is 4.79 Å². The van der Waals surface area contributed by atoms with Gasteiger partial charge in [0.1, 0.15) is 0 Å². The smallest absolute Gasteiger partial charge is 0.335 e. The fourth-order valence-corrected chi connectivity index (χ4v) is 3.15. The second-order valence-electron chi connectivity index (χ2n) is 6.09. The Morgan fingerprint density at radius 2 is 2.00 bits per heavy atom. The molecular formula is C19H22N2O2. The molecule has 4 heteroatoms. The Morgan fingerprint density at radius 3 is 2.78 bits per heavy atom. The summed E-state index contributed by atoms with van der Waals surface area (Å²) in [5.74, 6) is -0.867. The van der Waals surface area contributed by atoms with Crippen LogP contribution in [-0.4, -0.2) is 35.1 Å². The third-order valence-electron chi connectivity index (χ3n) is 4.23. The van der Waals surface area contributed by atoms with Crippen LogP contribution in [0.5, 0.6) is 0 Å². The van der Waals surface area contributed by atoms with E-state index in [1.54, 1.807) is 12.1 Å². The molecule has 3 rings (SSSR count). The van der Waals surface area contributed by atoms with Crippen LogP contribution in [0.15, 0.2) is 54.6 Å². The number of carbonyl (C=O) groups is 1. The molecule has 1 aliphatic rings. The largest absolute Gasteiger partial charge is 0.478 e. The minimum atomic E-state index is -0.867. The first-order valence-electron chi connectivity index (χ1n) is 8.07. The molecule has 1 unspecified atom stereocenters. The number of carboxylic acid groups (broad SMARTS) is 1. The van der Waals surface area contributed by atoms with Crippen molar-refractivity contribution >= 4 is 11.7 Å². The van der Waals surface area contributed by atoms with Crippen molar-refractivity contribution < 1.29 is 9.90 Å². The van der Waals surface area contributed by atoms with Crippen LogP contribution in [0.3, 0.4) is 0 Å². The maximum absolute atomic E-state index is 11.1. The zero-order chi connectivity index (χ0) is 16.1. The van der Waals surface area contributed by atoms with E-state index in [0.29, 0.717) is 11.6 Å². The number of hydrogen-bond acceptors (Lipinski definition) is 3. The third-order valence-corrected chi connectivity index (χ3v) is 4.23. The zero-order valence-electron chi connectivity index (χ0n) is 13.1. The Bertz CT molecular complexity index is 657. The number of para-hydroxylation sites is 1. The van der Waals surface area contributed by atoms with Crippen LogP contribution in [0.1, 0.15) is 28.8 Å². The van der Waals surface area contributed by atoms with Crippen molar-refractivity contribution in [3.8, 4) is 0 Å². The van der Waals surface area contributed by atoms with Crippen LogP contribution >= 0.6 is 0 Å². The predicted molar refractivity (Wildman–Crippen MR) is 91.8 cm³/mol. The number of carboxylic acids is 1. The van der Waals surface area contributed by atoms with Crippen LogP contribution in [0.25, 0.3) is 0 Å². The average molecular weight is 310 g/mol. The number of likely N-dealkylation sites (tertiary alicyclic amines) is 1. The Labute approximate surface area is 136 Å². The minimum Gasteiger partial charge on any atom is -0.478 e. The molecule has 1 atom stereocenters. The van der Waals surface area contributed by atoms with Crippen molar-refractivity contribution in [2.45, 2.75) is 25.4 Å². The van der Waals surface area contributed by atoms with Crippen molar-refractivity contribution in [3.05, 3.63) is 65.7 Å². The molecule has 2 N–H and O–H groups in total. The van der Waals surface area contributed by atoms with Crippen molar-refractivity contribution in [1.82, 2.24) is 4.90 Å². The first-order chi connectivity index (χ1) is 11.2. The van der Waals surface area contributed by atoms with Gasteiger partial charge in [0.25, 0.3) is 0 Å². The van der Waals surface area contributed by atoms with E-state index in [0.717, 1.165) is 37.3 Å². The Balaban J connectivity index is 1.60. The molecule has 0 aliphatic carbocycles. The Morgan fingerprint density at radius 1 is 1.17 bits per heavy atom. The van der Waals surface area contributed by atoms with Crippen LogP contribution in [-0.2, 0) is 6.54 Å². The second-order valence-corrected chi connectivity index (χ2v) is 6.09. The average Bonchev–Trinajstić information content (AvgIpc) is 2.56. The maximum Gasteiger partial charge on any atom is 0.335 e. The zero-order valence-corrected chi connectivity index (χ0v) is 13.1. The monoisotopic (exact) mass is 310 g/mol. The van der Waals surface area contributed by atoms with Gasteiger partial charge in [-0.3, -0.25) is 4.90 Å². The predicted octanol–water partition coefficient (Wildman–Crippen LogP) is 3.46. The van der Waals surface area contributed by atoms with Gasteiger partial charge in [-0.1, -0.05) is 30.3 Å². The van der Waals surface area contributed by atoms with Gasteiger partial charge in [0.05, 0.1) is 5.56 Å². The highest BCUT2D eigenvalue weighted by Gasteiger charge is 2.20. The summed E-state index contributed by atoms with van der Waals surface area (Å²) < 4.78 is 0. The normalized spacial score (nSPS) is 18.5. The number of piperidine rings is 1. The van der Waals surface area contributed by atoms with Gasteiger partial charge in [-0.2, -0.15) is 0 Å². The molecule has 0 saturated carbocycles. The lowest BCUT2D eigenvalue weighted by molar-refractivity contribution is 0.0696. The number of rotatable bonds is 5. The summed E-state index contributed by atoms with van der Waals surface area (Å²) in [4.78, 5) is 13.5. The summed E-state index contributed by atoms with van der Waals surface area (Å²) in [5, 5.41) is 12.7. The molecule has 2 aromatic carbocycles. The summed E-state index contributed by atoms with van der Waals surface area (Å²) in [6.07, 6.45) is 2.32. The van der Waals surface area contributed by atoms with Crippen molar-refractivity contribution in [3.63, 3.8) is 0 Å². The molecule has 2 aromatic rings. The van der Waals surface area contributed by atoms with Crippen LogP contribution in [0.2, 0.25) is 0 Å². The fourth-order valence-electron chi connectivity index (χ4n) is 3.15. The van der Waals surface area contributed by atoms with Crippen molar-refractivity contribution in [2.75, 3.05) is 18.4 Å². The molecule has 120 valence electrons. The highest BCUT2D eigenvalue weighted by atomic mass is 16.4. The highest BCUT2D eigenvalue weighted by molar-refractivity contribution is 5.87. The van der Waals surface area contributed by atoms with Gasteiger partial charge < -0.3 is 10.4 Å². The van der Waals surface area contributed by atoms with E-state index in [1.807, 2.05) is 30.3 Å². The van der Waals surface area contributed by atoms with Gasteiger partial charge in [0.15, 0.2) is 0 Å². The first kappa shape index (κ1) is 15.6. The Hall–Kier alpha value is -2.33. The van der Waals surface area contributed by atoms with Crippen LogP contribution in [0.4, 0.5) is 5.69 Å². The summed E-state index contributed by atoms with van der Waals surface area (Å²) in [6.45, 7) is 2.84. The molecule has 1 saturated heterocycles. The number of aromatic carboxylic acids is 1. The lowest BCUT2D eigenvalue weighted by Crippen LogP contribution is -2.41. The molecule has 0 radical (unpaired) electrons. The molecule has 4 nitrogen and oxygen atoms in total. The SMILES string of the molecule is O=C(O)c1cccc(CN2CCCC(Nc3ccccc3)C2)c1. The molecular weight excluding hydrogens is 288 g/mol. The van der Waals surface area contributed by atoms with Crippen molar-refractivity contribution in [1.29, 1.82) is 0 Å². The van der Waals surface area contributed by atoms with E-state index < -0.39 is 5.97 Å². The minimum absolute atomic E-state index is 0.360. The number of nitrogens with zero attached hydrogens (tertiary/aromatic N) is 1. The summed E-state index contributed by atoms with van der Waals surface area (Å²) in [5.41, 5.74) is 2.58. The quantitative estimate of drug-likeness (QED) is 0.888. The van der Waals surface area contributed by atoms with E-state index in [4.69, 9.17) is 5.11 Å². The summed E-state index contributed by atoms with van der Waals surface area (Å²) in [7, 11) is 0. The molecule has 1 fully saturated rings. The van der Waals surface area contributed by atoms with Gasteiger partial charge in [0, 0.05) is 24.8 Å². The van der Waals surface area contributed by atoms with Crippen LogP contribution in [0, 0.1) is 0 Å². The molecule has 0 spiro atoms. The van der Waals surface area contributed by atoms with E-state index >= 15 is 0 Å². The molecule has 1 heterocycles. The standard InChI is InChI=1S/C19H22N2O2/c22-19(23)16-7-4-6-15(12-16)13-21-11-5-10-18(14-21)20-17-8-2-1-3-9-17/h1-4,6-9,12,18,20H,5,10-11,13-14H2,(H,22,23). The summed E-state index contributed by atoms with van der Waals surface area (Å²) in [6, 6.07) is 18.0. The number of nitrogens with one attached hydrogen (secondary N) is 1. The van der Waals surface area contributed by atoms with E-state index in [-0.39, 0.29) is 0 Å². The van der Waals surface area contributed by atoms with Gasteiger partial charge in [-0.05, 0) is 49.2 Å². The number of hydrogen-bond donors (Lipinski definition) is 2. The molecule has 1 aliphatic heterocycles. The van der Waals surface area contributed by atoms with Gasteiger partial charge in [-0.15, -0.1) is 0 Å². The van der Waals surface area contributed by atoms with E-state index in [1.165, 1.54) is 6.42 Å². The van der Waals surface area contributed by atoms with Crippen molar-refractivity contribution in [2.24, 2.45) is 0 Å². The molecule has 0 bridgehead atoms. The van der Waals surface area contributed by atoms with E-state index in [9.17, 15) is 4.79 Å². The Kier molecular flexibility index (Phi) is 4.93. The molecule has 0 aromatic heterocycles. The molecule has 23 heavy (non-hydrogen) atoms. The lowest BCUT2D eigenvalue weighted by atomic mass is 10.0. The maximum atomic E-state index is 11.1. The van der Waals surface area contributed by atoms with Crippen LogP contribution < -0.4 is 5.32 Å². The van der Waals surface area contributed by atoms with Gasteiger partial charge >= 0.3 is 5.97 Å². The third kappa shape index (κ3) is 4.33. The summed E-state index contributed by atoms with van der Waals surface area (Å²) >= 11 is 0. The molecule has 0 amide bonds.